The van der Waals surface area contributed by atoms with Crippen LogP contribution in [0, 0.1) is 0 Å². The minimum Gasteiger partial charge on any atom is -0.462 e. The van der Waals surface area contributed by atoms with E-state index in [9.17, 15) is 19.8 Å². The van der Waals surface area contributed by atoms with Gasteiger partial charge in [0.05, 0.1) is 25.2 Å². The summed E-state index contributed by atoms with van der Waals surface area (Å²) in [5.74, 6) is -0.494. The summed E-state index contributed by atoms with van der Waals surface area (Å²) in [5.41, 5.74) is 0. The number of allylic oxidation sites excluding steroid dienone is 4. The van der Waals surface area contributed by atoms with Gasteiger partial charge in [-0.1, -0.05) is 173 Å². The SMILES string of the molecule is CCCC/C=C\CCCCCC(CC(=O)NC(CO)C(O)CCCCCCCCCCC)OC(=O)CCCCCCCCC/C=C\CCCCCC. The van der Waals surface area contributed by atoms with Crippen LogP contribution in [0.2, 0.25) is 0 Å². The third kappa shape index (κ3) is 35.4. The highest BCUT2D eigenvalue weighted by Gasteiger charge is 2.24. The van der Waals surface area contributed by atoms with Crippen molar-refractivity contribution in [1.29, 1.82) is 0 Å². The summed E-state index contributed by atoms with van der Waals surface area (Å²) >= 11 is 0. The van der Waals surface area contributed by atoms with E-state index < -0.39 is 18.2 Å². The number of unbranched alkanes of at least 4 members (excludes halogenated alkanes) is 24. The largest absolute Gasteiger partial charge is 0.462 e. The van der Waals surface area contributed by atoms with Gasteiger partial charge >= 0.3 is 5.97 Å². The Morgan fingerprint density at radius 2 is 0.942 bits per heavy atom. The molecule has 6 nitrogen and oxygen atoms in total. The maximum atomic E-state index is 13.1. The van der Waals surface area contributed by atoms with Crippen LogP contribution in [-0.2, 0) is 14.3 Å². The van der Waals surface area contributed by atoms with Crippen LogP contribution in [0.15, 0.2) is 24.3 Å². The Bertz CT molecular complexity index is 828. The number of aliphatic hydroxyl groups excluding tert-OH is 2. The van der Waals surface area contributed by atoms with Gasteiger partial charge < -0.3 is 20.3 Å². The minimum absolute atomic E-state index is 0.0674. The molecule has 0 fully saturated rings. The van der Waals surface area contributed by atoms with Crippen LogP contribution in [0.4, 0.5) is 0 Å². The van der Waals surface area contributed by atoms with Gasteiger partial charge in [-0.05, 0) is 70.6 Å². The van der Waals surface area contributed by atoms with Gasteiger partial charge in [0.15, 0.2) is 0 Å². The molecule has 0 aliphatic carbocycles. The maximum Gasteiger partial charge on any atom is 0.306 e. The van der Waals surface area contributed by atoms with Crippen molar-refractivity contribution in [3.63, 3.8) is 0 Å². The number of hydrogen-bond acceptors (Lipinski definition) is 5. The number of hydrogen-bond donors (Lipinski definition) is 3. The van der Waals surface area contributed by atoms with E-state index in [4.69, 9.17) is 4.74 Å². The molecule has 0 spiro atoms. The van der Waals surface area contributed by atoms with Crippen molar-refractivity contribution in [3.05, 3.63) is 24.3 Å². The molecule has 52 heavy (non-hydrogen) atoms. The molecule has 0 radical (unpaired) electrons. The Morgan fingerprint density at radius 1 is 0.538 bits per heavy atom. The first kappa shape index (κ1) is 50.3. The minimum atomic E-state index is -0.785. The molecule has 0 aromatic heterocycles. The Labute approximate surface area is 322 Å². The van der Waals surface area contributed by atoms with Crippen LogP contribution in [0.3, 0.4) is 0 Å². The first-order valence-electron chi connectivity index (χ1n) is 22.6. The lowest BCUT2D eigenvalue weighted by Crippen LogP contribution is -2.46. The van der Waals surface area contributed by atoms with Crippen molar-refractivity contribution >= 4 is 11.9 Å². The molecule has 3 N–H and O–H groups in total. The molecule has 6 heteroatoms. The average molecular weight is 734 g/mol. The van der Waals surface area contributed by atoms with Crippen molar-refractivity contribution in [2.75, 3.05) is 6.61 Å². The van der Waals surface area contributed by atoms with Gasteiger partial charge in [-0.2, -0.15) is 0 Å². The molecule has 3 unspecified atom stereocenters. The molecule has 0 aromatic carbocycles. The monoisotopic (exact) mass is 734 g/mol. The quantitative estimate of drug-likeness (QED) is 0.0331. The molecule has 1 amide bonds. The molecule has 0 bridgehead atoms. The molecule has 0 heterocycles. The molecule has 0 saturated heterocycles. The highest BCUT2D eigenvalue weighted by molar-refractivity contribution is 5.77. The number of amides is 1. The van der Waals surface area contributed by atoms with Crippen LogP contribution >= 0.6 is 0 Å². The van der Waals surface area contributed by atoms with E-state index in [0.29, 0.717) is 19.3 Å². The van der Waals surface area contributed by atoms with Crippen molar-refractivity contribution in [3.8, 4) is 0 Å². The standard InChI is InChI=1S/C46H87NO5/c1-4-7-10-13-16-19-20-21-22-23-24-27-30-33-36-39-46(51)52-42(37-34-31-28-25-17-14-11-8-5-2)40-45(50)47-43(41-48)44(49)38-35-32-29-26-18-15-12-9-6-3/h14,17,19-20,42-44,48-49H,4-13,15-16,18,21-41H2,1-3H3,(H,47,50)/b17-14-,20-19-. The summed E-state index contributed by atoms with van der Waals surface area (Å²) in [5, 5.41) is 23.5. The van der Waals surface area contributed by atoms with Crippen LogP contribution in [0.25, 0.3) is 0 Å². The summed E-state index contributed by atoms with van der Waals surface area (Å²) < 4.78 is 5.88. The summed E-state index contributed by atoms with van der Waals surface area (Å²) in [6.07, 6.45) is 43.9. The highest BCUT2D eigenvalue weighted by atomic mass is 16.5. The first-order valence-corrected chi connectivity index (χ1v) is 22.6. The number of aliphatic hydroxyl groups is 2. The second kappa shape index (κ2) is 40.5. The Kier molecular flexibility index (Phi) is 39.2. The van der Waals surface area contributed by atoms with Crippen molar-refractivity contribution < 1.29 is 24.5 Å². The van der Waals surface area contributed by atoms with E-state index in [1.54, 1.807) is 0 Å². The zero-order chi connectivity index (χ0) is 38.2. The third-order valence-electron chi connectivity index (χ3n) is 10.3. The second-order valence-electron chi connectivity index (χ2n) is 15.4. The van der Waals surface area contributed by atoms with Crippen LogP contribution in [-0.4, -0.2) is 46.9 Å². The molecule has 0 aliphatic heterocycles. The van der Waals surface area contributed by atoms with E-state index in [-0.39, 0.29) is 24.9 Å². The third-order valence-corrected chi connectivity index (χ3v) is 10.3. The summed E-state index contributed by atoms with van der Waals surface area (Å²) in [6.45, 7) is 6.39. The number of carbonyl (C=O) groups excluding carboxylic acids is 2. The average Bonchev–Trinajstić information content (AvgIpc) is 3.13. The Morgan fingerprint density at radius 3 is 1.46 bits per heavy atom. The maximum absolute atomic E-state index is 13.1. The molecule has 0 saturated carbocycles. The Balaban J connectivity index is 4.52. The van der Waals surface area contributed by atoms with Gasteiger partial charge in [-0.3, -0.25) is 9.59 Å². The number of carbonyl (C=O) groups is 2. The van der Waals surface area contributed by atoms with Gasteiger partial charge in [-0.15, -0.1) is 0 Å². The molecule has 0 aliphatic rings. The smallest absolute Gasteiger partial charge is 0.306 e. The van der Waals surface area contributed by atoms with E-state index in [0.717, 1.165) is 70.6 Å². The van der Waals surface area contributed by atoms with Crippen LogP contribution in [0.5, 0.6) is 0 Å². The van der Waals surface area contributed by atoms with E-state index in [1.807, 2.05) is 0 Å². The number of ether oxygens (including phenoxy) is 1. The summed E-state index contributed by atoms with van der Waals surface area (Å²) in [7, 11) is 0. The highest BCUT2D eigenvalue weighted by Crippen LogP contribution is 2.17. The van der Waals surface area contributed by atoms with Gasteiger partial charge in [0.2, 0.25) is 5.91 Å². The lowest BCUT2D eigenvalue weighted by Gasteiger charge is -2.24. The molecular weight excluding hydrogens is 647 g/mol. The fourth-order valence-electron chi connectivity index (χ4n) is 6.76. The fourth-order valence-corrected chi connectivity index (χ4v) is 6.76. The van der Waals surface area contributed by atoms with Gasteiger partial charge in [0.1, 0.15) is 6.10 Å². The molecule has 3 atom stereocenters. The predicted octanol–water partition coefficient (Wildman–Crippen LogP) is 12.8. The molecule has 0 aromatic rings. The lowest BCUT2D eigenvalue weighted by molar-refractivity contribution is -0.151. The van der Waals surface area contributed by atoms with Gasteiger partial charge in [0, 0.05) is 6.42 Å². The first-order chi connectivity index (χ1) is 25.5. The zero-order valence-corrected chi connectivity index (χ0v) is 34.7. The van der Waals surface area contributed by atoms with Crippen molar-refractivity contribution in [1.82, 2.24) is 5.32 Å². The predicted molar refractivity (Wildman–Crippen MR) is 223 cm³/mol. The van der Waals surface area contributed by atoms with E-state index in [2.05, 4.69) is 50.4 Å². The topological polar surface area (TPSA) is 95.9 Å². The fraction of sp³-hybridized carbons (Fsp3) is 0.870. The summed E-state index contributed by atoms with van der Waals surface area (Å²) in [6, 6.07) is -0.700. The number of nitrogens with one attached hydrogen (secondary N) is 1. The summed E-state index contributed by atoms with van der Waals surface area (Å²) in [4.78, 5) is 25.9. The van der Waals surface area contributed by atoms with Crippen molar-refractivity contribution in [2.45, 2.75) is 251 Å². The van der Waals surface area contributed by atoms with Crippen molar-refractivity contribution in [2.24, 2.45) is 0 Å². The van der Waals surface area contributed by atoms with Crippen LogP contribution in [0.1, 0.15) is 233 Å². The van der Waals surface area contributed by atoms with Gasteiger partial charge in [0.25, 0.3) is 0 Å². The van der Waals surface area contributed by atoms with Crippen LogP contribution < -0.4 is 5.32 Å². The number of rotatable bonds is 40. The van der Waals surface area contributed by atoms with E-state index >= 15 is 0 Å². The Hall–Kier alpha value is -1.66. The van der Waals surface area contributed by atoms with Gasteiger partial charge in [-0.25, -0.2) is 0 Å². The molecular formula is C46H87NO5. The second-order valence-corrected chi connectivity index (χ2v) is 15.4. The zero-order valence-electron chi connectivity index (χ0n) is 34.7. The van der Waals surface area contributed by atoms with E-state index in [1.165, 1.54) is 116 Å². The number of esters is 1. The molecule has 306 valence electrons. The normalized spacial score (nSPS) is 13.6. The lowest BCUT2D eigenvalue weighted by atomic mass is 10.0. The molecule has 0 rings (SSSR count).